The molecule has 0 saturated carbocycles. The van der Waals surface area contributed by atoms with E-state index >= 15 is 0 Å². The summed E-state index contributed by atoms with van der Waals surface area (Å²) in [6, 6.07) is 21.2. The summed E-state index contributed by atoms with van der Waals surface area (Å²) >= 11 is 0. The summed E-state index contributed by atoms with van der Waals surface area (Å²) in [5, 5.41) is 10.1. The highest BCUT2D eigenvalue weighted by atomic mass is 15.0. The number of hydrogen-bond acceptors (Lipinski definition) is 2. The van der Waals surface area contributed by atoms with Crippen LogP contribution in [0.4, 0.5) is 0 Å². The predicted octanol–water partition coefficient (Wildman–Crippen LogP) is 4.01. The van der Waals surface area contributed by atoms with E-state index in [2.05, 4.69) is 62.3 Å². The van der Waals surface area contributed by atoms with Crippen LogP contribution in [0.3, 0.4) is 0 Å². The molecule has 0 radical (unpaired) electrons. The summed E-state index contributed by atoms with van der Waals surface area (Å²) in [6.45, 7) is 3.03. The van der Waals surface area contributed by atoms with Crippen LogP contribution in [0, 0.1) is 11.3 Å². The molecule has 0 aliphatic carbocycles. The van der Waals surface area contributed by atoms with Gasteiger partial charge in [-0.05, 0) is 50.2 Å². The third-order valence-corrected chi connectivity index (χ3v) is 4.25. The highest BCUT2D eigenvalue weighted by Gasteiger charge is 2.35. The molecular formula is C20H24N2. The first kappa shape index (κ1) is 16.3. The second kappa shape index (κ2) is 7.24. The highest BCUT2D eigenvalue weighted by molar-refractivity contribution is 5.49. The SMILES string of the molecule is CCc1ccccc1C(C#N)(CCN(C)C)c1ccccc1. The van der Waals surface area contributed by atoms with Crippen molar-refractivity contribution >= 4 is 0 Å². The largest absolute Gasteiger partial charge is 0.309 e. The minimum absolute atomic E-state index is 0.585. The lowest BCUT2D eigenvalue weighted by molar-refractivity contribution is 0.371. The smallest absolute Gasteiger partial charge is 0.109 e. The molecule has 2 nitrogen and oxygen atoms in total. The number of rotatable bonds is 6. The molecule has 0 bridgehead atoms. The lowest BCUT2D eigenvalue weighted by Gasteiger charge is -2.31. The lowest BCUT2D eigenvalue weighted by atomic mass is 9.71. The normalized spacial score (nSPS) is 13.6. The first-order chi connectivity index (χ1) is 10.6. The van der Waals surface area contributed by atoms with Crippen molar-refractivity contribution in [1.29, 1.82) is 5.26 Å². The van der Waals surface area contributed by atoms with Crippen LogP contribution in [0.15, 0.2) is 54.6 Å². The topological polar surface area (TPSA) is 27.0 Å². The zero-order chi connectivity index (χ0) is 16.0. The third kappa shape index (κ3) is 3.21. The lowest BCUT2D eigenvalue weighted by Crippen LogP contribution is -2.31. The van der Waals surface area contributed by atoms with Crippen LogP contribution >= 0.6 is 0 Å². The average molecular weight is 292 g/mol. The summed E-state index contributed by atoms with van der Waals surface area (Å²) in [5.41, 5.74) is 2.90. The van der Waals surface area contributed by atoms with E-state index in [1.165, 1.54) is 5.56 Å². The minimum atomic E-state index is -0.585. The summed E-state index contributed by atoms with van der Waals surface area (Å²) in [5.74, 6) is 0. The van der Waals surface area contributed by atoms with Gasteiger partial charge in [-0.1, -0.05) is 61.5 Å². The maximum Gasteiger partial charge on any atom is 0.109 e. The molecule has 1 unspecified atom stereocenters. The second-order valence-electron chi connectivity index (χ2n) is 5.95. The van der Waals surface area contributed by atoms with Gasteiger partial charge in [-0.15, -0.1) is 0 Å². The molecule has 0 amide bonds. The number of aryl methyl sites for hydroxylation is 1. The van der Waals surface area contributed by atoms with Gasteiger partial charge in [0.15, 0.2) is 0 Å². The molecule has 1 atom stereocenters. The average Bonchev–Trinajstić information content (AvgIpc) is 2.57. The van der Waals surface area contributed by atoms with Crippen molar-refractivity contribution < 1.29 is 0 Å². The Hall–Kier alpha value is -2.11. The van der Waals surface area contributed by atoms with Crippen LogP contribution in [0.2, 0.25) is 0 Å². The third-order valence-electron chi connectivity index (χ3n) is 4.25. The molecule has 2 aromatic carbocycles. The van der Waals surface area contributed by atoms with E-state index < -0.39 is 5.41 Å². The quantitative estimate of drug-likeness (QED) is 0.804. The van der Waals surface area contributed by atoms with Crippen molar-refractivity contribution in [3.8, 4) is 6.07 Å². The molecule has 0 saturated heterocycles. The minimum Gasteiger partial charge on any atom is -0.309 e. The Kier molecular flexibility index (Phi) is 5.35. The van der Waals surface area contributed by atoms with Gasteiger partial charge in [0.25, 0.3) is 0 Å². The molecule has 0 N–H and O–H groups in total. The molecular weight excluding hydrogens is 268 g/mol. The first-order valence-corrected chi connectivity index (χ1v) is 7.84. The van der Waals surface area contributed by atoms with Crippen molar-refractivity contribution in [3.63, 3.8) is 0 Å². The molecule has 2 aromatic rings. The number of nitrogens with zero attached hydrogens (tertiary/aromatic N) is 2. The Morgan fingerprint density at radius 1 is 1.00 bits per heavy atom. The van der Waals surface area contributed by atoms with Gasteiger partial charge in [0.2, 0.25) is 0 Å². The second-order valence-corrected chi connectivity index (χ2v) is 5.95. The van der Waals surface area contributed by atoms with Gasteiger partial charge in [-0.3, -0.25) is 0 Å². The Morgan fingerprint density at radius 3 is 2.23 bits per heavy atom. The van der Waals surface area contributed by atoms with Crippen LogP contribution in [-0.2, 0) is 11.8 Å². The Balaban J connectivity index is 2.61. The number of benzene rings is 2. The van der Waals surface area contributed by atoms with E-state index in [1.807, 2.05) is 24.3 Å². The zero-order valence-electron chi connectivity index (χ0n) is 13.7. The number of nitriles is 1. The summed E-state index contributed by atoms with van der Waals surface area (Å²) in [6.07, 6.45) is 1.73. The van der Waals surface area contributed by atoms with Gasteiger partial charge in [0.1, 0.15) is 5.41 Å². The van der Waals surface area contributed by atoms with Crippen molar-refractivity contribution in [2.24, 2.45) is 0 Å². The van der Waals surface area contributed by atoms with Crippen LogP contribution in [-0.4, -0.2) is 25.5 Å². The van der Waals surface area contributed by atoms with Crippen molar-refractivity contribution in [1.82, 2.24) is 4.90 Å². The fourth-order valence-corrected chi connectivity index (χ4v) is 2.97. The molecule has 0 heterocycles. The Bertz CT molecular complexity index is 640. The molecule has 22 heavy (non-hydrogen) atoms. The molecule has 0 aliphatic rings. The van der Waals surface area contributed by atoms with Gasteiger partial charge in [0, 0.05) is 0 Å². The van der Waals surface area contributed by atoms with Gasteiger partial charge >= 0.3 is 0 Å². The summed E-state index contributed by atoms with van der Waals surface area (Å²) in [4.78, 5) is 2.14. The van der Waals surface area contributed by atoms with E-state index in [4.69, 9.17) is 0 Å². The highest BCUT2D eigenvalue weighted by Crippen LogP contribution is 2.37. The van der Waals surface area contributed by atoms with Crippen LogP contribution in [0.1, 0.15) is 30.0 Å². The van der Waals surface area contributed by atoms with E-state index in [9.17, 15) is 5.26 Å². The van der Waals surface area contributed by atoms with E-state index in [0.29, 0.717) is 0 Å². The van der Waals surface area contributed by atoms with E-state index in [-0.39, 0.29) is 0 Å². The van der Waals surface area contributed by atoms with Crippen molar-refractivity contribution in [3.05, 3.63) is 71.3 Å². The molecule has 0 spiro atoms. The predicted molar refractivity (Wildman–Crippen MR) is 91.8 cm³/mol. The maximum atomic E-state index is 10.1. The molecule has 2 heteroatoms. The Morgan fingerprint density at radius 2 is 1.64 bits per heavy atom. The zero-order valence-corrected chi connectivity index (χ0v) is 13.7. The standard InChI is InChI=1S/C20H24N2/c1-4-17-10-8-9-13-19(17)20(16-21,14-15-22(2)3)18-11-6-5-7-12-18/h5-13H,4,14-15H2,1-3H3. The van der Waals surface area contributed by atoms with Gasteiger partial charge in [-0.25, -0.2) is 0 Å². The van der Waals surface area contributed by atoms with Crippen LogP contribution < -0.4 is 0 Å². The maximum absolute atomic E-state index is 10.1. The van der Waals surface area contributed by atoms with Gasteiger partial charge in [0.05, 0.1) is 6.07 Å². The summed E-state index contributed by atoms with van der Waals surface area (Å²) in [7, 11) is 4.11. The number of hydrogen-bond donors (Lipinski definition) is 0. The summed E-state index contributed by atoms with van der Waals surface area (Å²) < 4.78 is 0. The van der Waals surface area contributed by atoms with Gasteiger partial charge in [-0.2, -0.15) is 5.26 Å². The molecule has 2 rings (SSSR count). The van der Waals surface area contributed by atoms with E-state index in [1.54, 1.807) is 0 Å². The first-order valence-electron chi connectivity index (χ1n) is 7.84. The molecule has 0 fully saturated rings. The van der Waals surface area contributed by atoms with Crippen LogP contribution in [0.5, 0.6) is 0 Å². The molecule has 0 aromatic heterocycles. The van der Waals surface area contributed by atoms with Crippen molar-refractivity contribution in [2.45, 2.75) is 25.2 Å². The molecule has 114 valence electrons. The van der Waals surface area contributed by atoms with Crippen LogP contribution in [0.25, 0.3) is 0 Å². The Labute approximate surface area is 134 Å². The monoisotopic (exact) mass is 292 g/mol. The fourth-order valence-electron chi connectivity index (χ4n) is 2.97. The van der Waals surface area contributed by atoms with Gasteiger partial charge < -0.3 is 4.90 Å². The van der Waals surface area contributed by atoms with E-state index in [0.717, 1.165) is 30.5 Å². The molecule has 0 aliphatic heterocycles. The fraction of sp³-hybridized carbons (Fsp3) is 0.350. The van der Waals surface area contributed by atoms with Crippen molar-refractivity contribution in [2.75, 3.05) is 20.6 Å².